The summed E-state index contributed by atoms with van der Waals surface area (Å²) in [6.45, 7) is 0. The van der Waals surface area contributed by atoms with E-state index in [2.05, 4.69) is 0 Å². The molecule has 0 aromatic carbocycles. The SMILES string of the molecule is [O]N1[C@@H]2C[C@H](Cl)C[C@H]1[C@H](O)C2. The average molecular weight is 177 g/mol. The Morgan fingerprint density at radius 3 is 2.73 bits per heavy atom. The topological polar surface area (TPSA) is 43.4 Å². The van der Waals surface area contributed by atoms with Crippen molar-refractivity contribution >= 4 is 11.6 Å². The number of hydrogen-bond acceptors (Lipinski definition) is 2. The molecule has 11 heavy (non-hydrogen) atoms. The zero-order valence-electron chi connectivity index (χ0n) is 6.11. The van der Waals surface area contributed by atoms with Gasteiger partial charge in [0.05, 0.1) is 12.1 Å². The molecule has 63 valence electrons. The van der Waals surface area contributed by atoms with Crippen molar-refractivity contribution in [3.8, 4) is 0 Å². The fourth-order valence-electron chi connectivity index (χ4n) is 2.09. The van der Waals surface area contributed by atoms with Gasteiger partial charge < -0.3 is 5.11 Å². The van der Waals surface area contributed by atoms with Crippen LogP contribution >= 0.6 is 11.6 Å². The van der Waals surface area contributed by atoms with E-state index in [0.29, 0.717) is 12.8 Å². The van der Waals surface area contributed by atoms with Crippen LogP contribution in [0.4, 0.5) is 0 Å². The van der Waals surface area contributed by atoms with Gasteiger partial charge in [-0.25, -0.2) is 0 Å². The molecule has 3 nitrogen and oxygen atoms in total. The Kier molecular flexibility index (Phi) is 1.84. The first-order valence-electron chi connectivity index (χ1n) is 3.96. The summed E-state index contributed by atoms with van der Waals surface area (Å²) in [4.78, 5) is 0. The van der Waals surface area contributed by atoms with Crippen molar-refractivity contribution in [3.63, 3.8) is 0 Å². The predicted molar refractivity (Wildman–Crippen MR) is 39.6 cm³/mol. The molecule has 0 aromatic rings. The minimum atomic E-state index is -0.443. The first-order valence-corrected chi connectivity index (χ1v) is 4.39. The molecule has 2 aliphatic heterocycles. The van der Waals surface area contributed by atoms with E-state index in [4.69, 9.17) is 11.6 Å². The van der Waals surface area contributed by atoms with Crippen molar-refractivity contribution in [1.29, 1.82) is 0 Å². The van der Waals surface area contributed by atoms with Gasteiger partial charge in [-0.2, -0.15) is 0 Å². The smallest absolute Gasteiger partial charge is 0.0736 e. The molecule has 2 saturated heterocycles. The first-order chi connectivity index (χ1) is 5.18. The molecule has 2 heterocycles. The number of nitrogens with zero attached hydrogens (tertiary/aromatic N) is 1. The summed E-state index contributed by atoms with van der Waals surface area (Å²) >= 11 is 5.90. The van der Waals surface area contributed by atoms with Gasteiger partial charge in [0.15, 0.2) is 0 Å². The van der Waals surface area contributed by atoms with E-state index in [9.17, 15) is 10.3 Å². The Labute approximate surface area is 70.5 Å². The summed E-state index contributed by atoms with van der Waals surface area (Å²) in [6, 6.07) is -0.248. The van der Waals surface area contributed by atoms with E-state index in [1.807, 2.05) is 0 Å². The lowest BCUT2D eigenvalue weighted by molar-refractivity contribution is -0.212. The molecule has 4 heteroatoms. The van der Waals surface area contributed by atoms with Gasteiger partial charge in [-0.15, -0.1) is 21.9 Å². The van der Waals surface area contributed by atoms with Gasteiger partial charge in [0.2, 0.25) is 0 Å². The van der Waals surface area contributed by atoms with Crippen LogP contribution in [0.3, 0.4) is 0 Å². The first kappa shape index (κ1) is 7.80. The molecular weight excluding hydrogens is 166 g/mol. The number of hydrogen-bond donors (Lipinski definition) is 1. The largest absolute Gasteiger partial charge is 0.391 e. The summed E-state index contributed by atoms with van der Waals surface area (Å²) in [5.41, 5.74) is 0. The molecule has 2 aliphatic rings. The van der Waals surface area contributed by atoms with Gasteiger partial charge in [0.1, 0.15) is 0 Å². The third-order valence-corrected chi connectivity index (χ3v) is 3.03. The lowest BCUT2D eigenvalue weighted by Gasteiger charge is -2.29. The van der Waals surface area contributed by atoms with Crippen LogP contribution in [0.15, 0.2) is 0 Å². The van der Waals surface area contributed by atoms with Crippen LogP contribution in [0.2, 0.25) is 0 Å². The normalized spacial score (nSPS) is 51.5. The van der Waals surface area contributed by atoms with Crippen molar-refractivity contribution < 1.29 is 10.3 Å². The summed E-state index contributed by atoms with van der Waals surface area (Å²) in [6.07, 6.45) is 1.54. The fourth-order valence-corrected chi connectivity index (χ4v) is 2.48. The number of aliphatic hydroxyl groups is 1. The van der Waals surface area contributed by atoms with Gasteiger partial charge in [0, 0.05) is 11.4 Å². The van der Waals surface area contributed by atoms with E-state index in [-0.39, 0.29) is 17.5 Å². The number of halogens is 1. The molecule has 0 aliphatic carbocycles. The molecule has 4 atom stereocenters. The number of aliphatic hydroxyl groups excluding tert-OH is 1. The number of rotatable bonds is 0. The highest BCUT2D eigenvalue weighted by Crippen LogP contribution is 2.36. The van der Waals surface area contributed by atoms with Gasteiger partial charge >= 0.3 is 0 Å². The van der Waals surface area contributed by atoms with Crippen LogP contribution in [0.1, 0.15) is 19.3 Å². The van der Waals surface area contributed by atoms with Gasteiger partial charge in [0.25, 0.3) is 0 Å². The van der Waals surface area contributed by atoms with E-state index >= 15 is 0 Å². The molecular formula is C7H11ClNO2. The van der Waals surface area contributed by atoms with Crippen LogP contribution in [0.25, 0.3) is 0 Å². The second kappa shape index (κ2) is 2.59. The summed E-state index contributed by atoms with van der Waals surface area (Å²) in [5.74, 6) is 0. The zero-order chi connectivity index (χ0) is 8.01. The van der Waals surface area contributed by atoms with Gasteiger partial charge in [-0.1, -0.05) is 0 Å². The third kappa shape index (κ3) is 1.16. The van der Waals surface area contributed by atoms with E-state index in [1.54, 1.807) is 0 Å². The number of hydroxylamine groups is 2. The lowest BCUT2D eigenvalue weighted by Crippen LogP contribution is -2.42. The van der Waals surface area contributed by atoms with Gasteiger partial charge in [-0.05, 0) is 19.3 Å². The zero-order valence-corrected chi connectivity index (χ0v) is 6.87. The summed E-state index contributed by atoms with van der Waals surface area (Å²) in [7, 11) is 0. The highest BCUT2D eigenvalue weighted by atomic mass is 35.5. The van der Waals surface area contributed by atoms with E-state index in [0.717, 1.165) is 11.5 Å². The monoisotopic (exact) mass is 176 g/mol. The Bertz CT molecular complexity index is 165. The Morgan fingerprint density at radius 1 is 1.36 bits per heavy atom. The molecule has 0 amide bonds. The molecule has 0 aromatic heterocycles. The van der Waals surface area contributed by atoms with Gasteiger partial charge in [-0.3, -0.25) is 0 Å². The number of piperidine rings is 1. The van der Waals surface area contributed by atoms with Crippen LogP contribution in [0.5, 0.6) is 0 Å². The predicted octanol–water partition coefficient (Wildman–Crippen LogP) is 0.537. The molecule has 1 N–H and O–H groups in total. The van der Waals surface area contributed by atoms with E-state index < -0.39 is 6.10 Å². The summed E-state index contributed by atoms with van der Waals surface area (Å²) in [5, 5.41) is 21.8. The molecule has 2 rings (SSSR count). The van der Waals surface area contributed by atoms with Crippen molar-refractivity contribution in [2.24, 2.45) is 0 Å². The average Bonchev–Trinajstić information content (AvgIpc) is 2.17. The molecule has 2 fully saturated rings. The van der Waals surface area contributed by atoms with Crippen LogP contribution in [-0.4, -0.2) is 33.7 Å². The van der Waals surface area contributed by atoms with Crippen molar-refractivity contribution in [1.82, 2.24) is 5.06 Å². The molecule has 2 bridgehead atoms. The third-order valence-electron chi connectivity index (χ3n) is 2.67. The maximum Gasteiger partial charge on any atom is 0.0736 e. The highest BCUT2D eigenvalue weighted by molar-refractivity contribution is 6.20. The van der Waals surface area contributed by atoms with Crippen LogP contribution in [0, 0.1) is 0 Å². The molecule has 1 radical (unpaired) electrons. The fraction of sp³-hybridized carbons (Fsp3) is 1.00. The second-order valence-electron chi connectivity index (χ2n) is 3.45. The standard InChI is InChI=1S/C7H11ClNO2/c8-4-1-5-3-7(10)6(2-4)9(5)11/h4-7,10H,1-3H2/t4-,5+,6-,7+/m0/s1. The van der Waals surface area contributed by atoms with Crippen LogP contribution < -0.4 is 0 Å². The Hall–Kier alpha value is 0.170. The maximum absolute atomic E-state index is 11.2. The number of fused-ring (bicyclic) bond motifs is 2. The molecule has 0 spiro atoms. The summed E-state index contributed by atoms with van der Waals surface area (Å²) < 4.78 is 0. The van der Waals surface area contributed by atoms with Crippen LogP contribution in [-0.2, 0) is 5.21 Å². The Balaban J connectivity index is 2.14. The minimum Gasteiger partial charge on any atom is -0.391 e. The molecule has 0 saturated carbocycles. The van der Waals surface area contributed by atoms with Crippen molar-refractivity contribution in [2.75, 3.05) is 0 Å². The molecule has 0 unspecified atom stereocenters. The second-order valence-corrected chi connectivity index (χ2v) is 4.07. The minimum absolute atomic E-state index is 0.0220. The highest BCUT2D eigenvalue weighted by Gasteiger charge is 2.46. The lowest BCUT2D eigenvalue weighted by atomic mass is 10.0. The quantitative estimate of drug-likeness (QED) is 0.548. The van der Waals surface area contributed by atoms with E-state index in [1.165, 1.54) is 0 Å². The van der Waals surface area contributed by atoms with Crippen molar-refractivity contribution in [3.05, 3.63) is 0 Å². The number of alkyl halides is 1. The Morgan fingerprint density at radius 2 is 2.09 bits per heavy atom. The maximum atomic E-state index is 11.2. The van der Waals surface area contributed by atoms with Crippen molar-refractivity contribution in [2.45, 2.75) is 42.8 Å².